The highest BCUT2D eigenvalue weighted by molar-refractivity contribution is 5.70. The number of rotatable bonds is 18. The monoisotopic (exact) mass is 387 g/mol. The number of likely N-dealkylation sites (N-methyl/N-ethyl adjacent to an activating group) is 1. The van der Waals surface area contributed by atoms with Crippen LogP contribution in [0.5, 0.6) is 0 Å². The maximum absolute atomic E-state index is 11.9. The fourth-order valence-electron chi connectivity index (χ4n) is 3.16. The van der Waals surface area contributed by atoms with Crippen LogP contribution in [0, 0.1) is 0 Å². The number of quaternary nitrogens is 1. The molecule has 0 radical (unpaired) electrons. The first-order chi connectivity index (χ1) is 12.7. The van der Waals surface area contributed by atoms with Crippen molar-refractivity contribution in [3.05, 3.63) is 0 Å². The third kappa shape index (κ3) is 19.4. The van der Waals surface area contributed by atoms with Crippen molar-refractivity contribution in [1.29, 1.82) is 0 Å². The highest BCUT2D eigenvalue weighted by atomic mass is 16.5. The lowest BCUT2D eigenvalue weighted by atomic mass is 10.1. The van der Waals surface area contributed by atoms with Crippen LogP contribution in [0.2, 0.25) is 0 Å². The largest absolute Gasteiger partial charge is 0.550 e. The number of carboxylic acids is 1. The van der Waals surface area contributed by atoms with Gasteiger partial charge in [-0.3, -0.25) is 4.79 Å². The molecule has 0 aromatic heterocycles. The van der Waals surface area contributed by atoms with E-state index in [0.29, 0.717) is 24.1 Å². The molecule has 0 spiro atoms. The number of aliphatic carboxylic acids is 1. The van der Waals surface area contributed by atoms with Crippen LogP contribution < -0.4 is 5.11 Å². The molecule has 0 saturated carbocycles. The molecule has 0 saturated heterocycles. The second-order valence-corrected chi connectivity index (χ2v) is 8.52. The van der Waals surface area contributed by atoms with Gasteiger partial charge in [0.2, 0.25) is 0 Å². The predicted octanol–water partition coefficient (Wildman–Crippen LogP) is 2.42. The zero-order valence-corrected chi connectivity index (χ0v) is 17.7. The molecular formula is C21H41NO5. The molecule has 6 nitrogen and oxygen atoms in total. The molecule has 0 aliphatic carbocycles. The number of hydrogen-bond donors (Lipinski definition) is 1. The van der Waals surface area contributed by atoms with Crippen molar-refractivity contribution in [3.8, 4) is 0 Å². The van der Waals surface area contributed by atoms with Gasteiger partial charge in [-0.15, -0.1) is 0 Å². The van der Waals surface area contributed by atoms with Gasteiger partial charge in [-0.05, 0) is 12.8 Å². The minimum Gasteiger partial charge on any atom is -0.550 e. The van der Waals surface area contributed by atoms with Gasteiger partial charge in [0.25, 0.3) is 0 Å². The van der Waals surface area contributed by atoms with E-state index in [-0.39, 0.29) is 12.4 Å². The fraction of sp³-hybridized carbons (Fsp3) is 0.905. The van der Waals surface area contributed by atoms with E-state index in [4.69, 9.17) is 9.84 Å². The van der Waals surface area contributed by atoms with Crippen LogP contribution in [0.4, 0.5) is 0 Å². The van der Waals surface area contributed by atoms with Gasteiger partial charge >= 0.3 is 5.97 Å². The lowest BCUT2D eigenvalue weighted by Crippen LogP contribution is -2.45. The van der Waals surface area contributed by atoms with E-state index in [1.165, 1.54) is 38.5 Å². The molecule has 0 aromatic carbocycles. The fourth-order valence-corrected chi connectivity index (χ4v) is 3.16. The Labute approximate surface area is 165 Å². The third-order valence-electron chi connectivity index (χ3n) is 4.48. The molecule has 0 bridgehead atoms. The highest BCUT2D eigenvalue weighted by Gasteiger charge is 2.22. The molecule has 27 heavy (non-hydrogen) atoms. The van der Waals surface area contributed by atoms with Gasteiger partial charge in [0.1, 0.15) is 6.54 Å². The maximum atomic E-state index is 11.9. The first-order valence-electron chi connectivity index (χ1n) is 10.5. The summed E-state index contributed by atoms with van der Waals surface area (Å²) in [6.45, 7) is 0.764. The zero-order chi connectivity index (χ0) is 20.5. The Morgan fingerprint density at radius 1 is 0.852 bits per heavy atom. The Morgan fingerprint density at radius 2 is 1.30 bits per heavy atom. The van der Waals surface area contributed by atoms with Gasteiger partial charge in [-0.2, -0.15) is 0 Å². The molecular weight excluding hydrogens is 346 g/mol. The SMILES string of the molecule is C[N+](C)(C)CC(CC(=O)[O-])OC(=O)CCCCCCCCCCCCCO. The van der Waals surface area contributed by atoms with Crippen molar-refractivity contribution >= 4 is 11.9 Å². The van der Waals surface area contributed by atoms with Crippen LogP contribution in [0.3, 0.4) is 0 Å². The van der Waals surface area contributed by atoms with Gasteiger partial charge in [-0.25, -0.2) is 0 Å². The van der Waals surface area contributed by atoms with Crippen LogP contribution in [-0.2, 0) is 14.3 Å². The molecule has 1 atom stereocenters. The quantitative estimate of drug-likeness (QED) is 0.222. The van der Waals surface area contributed by atoms with E-state index in [1.54, 1.807) is 0 Å². The van der Waals surface area contributed by atoms with Crippen molar-refractivity contribution in [2.45, 2.75) is 89.6 Å². The molecule has 6 heteroatoms. The molecule has 0 aliphatic rings. The van der Waals surface area contributed by atoms with E-state index in [0.717, 1.165) is 32.1 Å². The van der Waals surface area contributed by atoms with E-state index >= 15 is 0 Å². The summed E-state index contributed by atoms with van der Waals surface area (Å²) in [6.07, 6.45) is 11.9. The number of ether oxygens (including phenoxy) is 1. The van der Waals surface area contributed by atoms with Crippen LogP contribution in [-0.4, -0.2) is 61.9 Å². The van der Waals surface area contributed by atoms with Crippen molar-refractivity contribution in [1.82, 2.24) is 0 Å². The van der Waals surface area contributed by atoms with Crippen LogP contribution >= 0.6 is 0 Å². The van der Waals surface area contributed by atoms with Gasteiger partial charge in [-0.1, -0.05) is 57.8 Å². The van der Waals surface area contributed by atoms with Crippen LogP contribution in [0.25, 0.3) is 0 Å². The minimum atomic E-state index is -1.19. The number of unbranched alkanes of at least 4 members (excludes halogenated alkanes) is 10. The van der Waals surface area contributed by atoms with Crippen molar-refractivity contribution < 1.29 is 29.0 Å². The van der Waals surface area contributed by atoms with Crippen LogP contribution in [0.1, 0.15) is 83.5 Å². The Kier molecular flexibility index (Phi) is 15.2. The molecule has 0 aromatic rings. The smallest absolute Gasteiger partial charge is 0.306 e. The first kappa shape index (κ1) is 25.9. The topological polar surface area (TPSA) is 86.7 Å². The van der Waals surface area contributed by atoms with Gasteiger partial charge in [0.05, 0.1) is 21.1 Å². The van der Waals surface area contributed by atoms with Crippen molar-refractivity contribution in [2.75, 3.05) is 34.3 Å². The average molecular weight is 388 g/mol. The van der Waals surface area contributed by atoms with E-state index in [9.17, 15) is 14.7 Å². The Balaban J connectivity index is 3.67. The molecule has 0 fully saturated rings. The van der Waals surface area contributed by atoms with Gasteiger partial charge < -0.3 is 24.2 Å². The summed E-state index contributed by atoms with van der Waals surface area (Å²) in [5, 5.41) is 19.5. The molecule has 0 amide bonds. The van der Waals surface area contributed by atoms with Gasteiger partial charge in [0.15, 0.2) is 6.10 Å². The normalized spacial score (nSPS) is 12.7. The van der Waals surface area contributed by atoms with E-state index in [1.807, 2.05) is 21.1 Å². The second-order valence-electron chi connectivity index (χ2n) is 8.52. The zero-order valence-electron chi connectivity index (χ0n) is 17.7. The number of aliphatic hydroxyl groups is 1. The number of esters is 1. The van der Waals surface area contributed by atoms with Crippen LogP contribution in [0.15, 0.2) is 0 Å². The van der Waals surface area contributed by atoms with Crippen molar-refractivity contribution in [3.63, 3.8) is 0 Å². The lowest BCUT2D eigenvalue weighted by Gasteiger charge is -2.29. The molecule has 0 heterocycles. The Hall–Kier alpha value is -1.14. The van der Waals surface area contributed by atoms with E-state index in [2.05, 4.69) is 0 Å². The summed E-state index contributed by atoms with van der Waals surface area (Å²) in [5.41, 5.74) is 0. The first-order valence-corrected chi connectivity index (χ1v) is 10.5. The third-order valence-corrected chi connectivity index (χ3v) is 4.48. The maximum Gasteiger partial charge on any atom is 0.306 e. The lowest BCUT2D eigenvalue weighted by molar-refractivity contribution is -0.873. The average Bonchev–Trinajstić information content (AvgIpc) is 2.53. The number of carbonyl (C=O) groups excluding carboxylic acids is 2. The molecule has 0 rings (SSSR count). The number of hydrogen-bond acceptors (Lipinski definition) is 5. The predicted molar refractivity (Wildman–Crippen MR) is 105 cm³/mol. The van der Waals surface area contributed by atoms with Gasteiger partial charge in [0, 0.05) is 25.4 Å². The Morgan fingerprint density at radius 3 is 1.70 bits per heavy atom. The van der Waals surface area contributed by atoms with Crippen molar-refractivity contribution in [2.24, 2.45) is 0 Å². The molecule has 160 valence electrons. The summed E-state index contributed by atoms with van der Waals surface area (Å²) in [5.74, 6) is -1.49. The molecule has 0 aliphatic heterocycles. The number of nitrogens with zero attached hydrogens (tertiary/aromatic N) is 1. The molecule has 1 unspecified atom stereocenters. The molecule has 1 N–H and O–H groups in total. The summed E-state index contributed by atoms with van der Waals surface area (Å²) in [7, 11) is 5.81. The summed E-state index contributed by atoms with van der Waals surface area (Å²) in [4.78, 5) is 22.8. The number of carbonyl (C=O) groups is 2. The van der Waals surface area contributed by atoms with E-state index < -0.39 is 12.1 Å². The number of aliphatic hydroxyl groups excluding tert-OH is 1. The summed E-state index contributed by atoms with van der Waals surface area (Å²) < 4.78 is 5.88. The standard InChI is InChI=1S/C21H41NO5/c1-22(2,3)18-19(17-20(24)25)27-21(26)15-13-11-9-7-5-4-6-8-10-12-14-16-23/h19,23H,4-18H2,1-3H3. The highest BCUT2D eigenvalue weighted by Crippen LogP contribution is 2.13. The summed E-state index contributed by atoms with van der Waals surface area (Å²) in [6, 6.07) is 0. The minimum absolute atomic E-state index is 0.249. The Bertz CT molecular complexity index is 393. The summed E-state index contributed by atoms with van der Waals surface area (Å²) >= 11 is 0. The second kappa shape index (κ2) is 15.9. The number of carboxylic acid groups (broad SMARTS) is 1.